The minimum atomic E-state index is 0.865. The van der Waals surface area contributed by atoms with Gasteiger partial charge in [-0.1, -0.05) is 140 Å². The predicted octanol–water partition coefficient (Wildman–Crippen LogP) is 12.2. The van der Waals surface area contributed by atoms with Gasteiger partial charge in [0.2, 0.25) is 0 Å². The number of nitrogens with zero attached hydrogens (tertiary/aromatic N) is 5. The molecule has 0 amide bonds. The SMILES string of the molecule is c1ccc(-c2ccc3ccc4ccc(-c5ccc6nc(-c7ccccc7)c7cc8ccc9ccc(-c%10ccccc%10)nc9c8nc7c6c5)nc4c3n2)cc1. The molecule has 5 heterocycles. The maximum absolute atomic E-state index is 5.49. The molecule has 11 aromatic rings. The van der Waals surface area contributed by atoms with Crippen molar-refractivity contribution in [2.45, 2.75) is 0 Å². The number of hydrogen-bond acceptors (Lipinski definition) is 5. The lowest BCUT2D eigenvalue weighted by Crippen LogP contribution is -1.95. The molecule has 6 aromatic carbocycles. The summed E-state index contributed by atoms with van der Waals surface area (Å²) in [5.41, 5.74) is 13.1. The molecule has 0 radical (unpaired) electrons. The number of aromatic nitrogens is 5. The first-order chi connectivity index (χ1) is 26.7. The quantitative estimate of drug-likeness (QED) is 0.136. The van der Waals surface area contributed by atoms with Gasteiger partial charge in [0.05, 0.1) is 55.9 Å². The Hall–Kier alpha value is -7.37. The molecule has 5 aromatic heterocycles. The first kappa shape index (κ1) is 30.3. The normalized spacial score (nSPS) is 11.7. The largest absolute Gasteiger partial charge is 0.247 e. The van der Waals surface area contributed by atoms with Crippen molar-refractivity contribution in [2.24, 2.45) is 0 Å². The van der Waals surface area contributed by atoms with E-state index in [0.29, 0.717) is 0 Å². The van der Waals surface area contributed by atoms with E-state index in [1.54, 1.807) is 0 Å². The summed E-state index contributed by atoms with van der Waals surface area (Å²) in [5.74, 6) is 0. The first-order valence-electron chi connectivity index (χ1n) is 18.1. The van der Waals surface area contributed by atoms with Crippen molar-refractivity contribution >= 4 is 65.4 Å². The third kappa shape index (κ3) is 4.98. The summed E-state index contributed by atoms with van der Waals surface area (Å²) >= 11 is 0. The van der Waals surface area contributed by atoms with Crippen LogP contribution in [0.1, 0.15) is 0 Å². The third-order valence-electron chi connectivity index (χ3n) is 10.4. The van der Waals surface area contributed by atoms with Crippen LogP contribution < -0.4 is 0 Å². The third-order valence-corrected chi connectivity index (χ3v) is 10.4. The highest BCUT2D eigenvalue weighted by molar-refractivity contribution is 6.16. The van der Waals surface area contributed by atoms with E-state index in [2.05, 4.69) is 133 Å². The molecule has 0 unspecified atom stereocenters. The maximum atomic E-state index is 5.49. The lowest BCUT2D eigenvalue weighted by atomic mass is 9.99. The fourth-order valence-corrected chi connectivity index (χ4v) is 7.65. The summed E-state index contributed by atoms with van der Waals surface area (Å²) in [7, 11) is 0. The molecule has 0 saturated carbocycles. The molecule has 0 spiro atoms. The molecule has 0 N–H and O–H groups in total. The summed E-state index contributed by atoms with van der Waals surface area (Å²) in [4.78, 5) is 26.4. The number of hydrogen-bond donors (Lipinski definition) is 0. The monoisotopic (exact) mass is 687 g/mol. The van der Waals surface area contributed by atoms with E-state index >= 15 is 0 Å². The topological polar surface area (TPSA) is 64.5 Å². The summed E-state index contributed by atoms with van der Waals surface area (Å²) in [6.07, 6.45) is 0. The van der Waals surface area contributed by atoms with Gasteiger partial charge in [-0.15, -0.1) is 0 Å². The van der Waals surface area contributed by atoms with Gasteiger partial charge < -0.3 is 0 Å². The number of benzene rings is 6. The molecular weight excluding hydrogens is 659 g/mol. The van der Waals surface area contributed by atoms with Crippen LogP contribution in [0.4, 0.5) is 0 Å². The van der Waals surface area contributed by atoms with Crippen molar-refractivity contribution < 1.29 is 0 Å². The Bertz CT molecular complexity index is 3250. The van der Waals surface area contributed by atoms with Gasteiger partial charge in [0.25, 0.3) is 0 Å². The van der Waals surface area contributed by atoms with Crippen molar-refractivity contribution in [3.05, 3.63) is 176 Å². The number of rotatable bonds is 4. The zero-order valence-electron chi connectivity index (χ0n) is 29.0. The van der Waals surface area contributed by atoms with Crippen molar-refractivity contribution in [3.8, 4) is 45.0 Å². The highest BCUT2D eigenvalue weighted by Gasteiger charge is 2.17. The smallest absolute Gasteiger partial charge is 0.0972 e. The van der Waals surface area contributed by atoms with Gasteiger partial charge in [0, 0.05) is 54.6 Å². The fraction of sp³-hybridized carbons (Fsp3) is 0. The zero-order valence-corrected chi connectivity index (χ0v) is 29.0. The summed E-state index contributed by atoms with van der Waals surface area (Å²) in [6, 6.07) is 60.8. The van der Waals surface area contributed by atoms with Gasteiger partial charge in [0.15, 0.2) is 0 Å². The molecule has 0 aliphatic heterocycles. The van der Waals surface area contributed by atoms with Crippen LogP contribution in [0, 0.1) is 0 Å². The molecule has 0 fully saturated rings. The van der Waals surface area contributed by atoms with Gasteiger partial charge in [-0.25, -0.2) is 24.9 Å². The number of pyridine rings is 5. The lowest BCUT2D eigenvalue weighted by molar-refractivity contribution is 1.36. The van der Waals surface area contributed by atoms with Crippen LogP contribution in [0.15, 0.2) is 176 Å². The van der Waals surface area contributed by atoms with Crippen molar-refractivity contribution in [2.75, 3.05) is 0 Å². The molecule has 0 saturated heterocycles. The Morgan fingerprint density at radius 2 is 0.704 bits per heavy atom. The van der Waals surface area contributed by atoms with Crippen LogP contribution in [0.25, 0.3) is 110 Å². The Balaban J connectivity index is 1.15. The molecule has 0 bridgehead atoms. The molecule has 5 heteroatoms. The van der Waals surface area contributed by atoms with Crippen LogP contribution in [-0.2, 0) is 0 Å². The van der Waals surface area contributed by atoms with Crippen LogP contribution in [-0.4, -0.2) is 24.9 Å². The van der Waals surface area contributed by atoms with Gasteiger partial charge in [0.1, 0.15) is 0 Å². The fourth-order valence-electron chi connectivity index (χ4n) is 7.65. The average molecular weight is 688 g/mol. The first-order valence-corrected chi connectivity index (χ1v) is 18.1. The predicted molar refractivity (Wildman–Crippen MR) is 222 cm³/mol. The van der Waals surface area contributed by atoms with E-state index in [0.717, 1.165) is 110 Å². The molecule has 0 atom stereocenters. The van der Waals surface area contributed by atoms with Crippen LogP contribution in [0.3, 0.4) is 0 Å². The minimum absolute atomic E-state index is 0.865. The van der Waals surface area contributed by atoms with E-state index < -0.39 is 0 Å². The van der Waals surface area contributed by atoms with Gasteiger partial charge in [-0.3, -0.25) is 0 Å². The Morgan fingerprint density at radius 3 is 1.24 bits per heavy atom. The van der Waals surface area contributed by atoms with E-state index in [1.807, 2.05) is 42.5 Å². The second-order valence-electron chi connectivity index (χ2n) is 13.7. The van der Waals surface area contributed by atoms with Crippen molar-refractivity contribution in [1.29, 1.82) is 0 Å². The second kappa shape index (κ2) is 12.1. The lowest BCUT2D eigenvalue weighted by Gasteiger charge is -2.13. The Labute approximate surface area is 310 Å². The molecule has 5 nitrogen and oxygen atoms in total. The van der Waals surface area contributed by atoms with E-state index in [9.17, 15) is 0 Å². The zero-order chi connectivity index (χ0) is 35.6. The molecule has 250 valence electrons. The summed E-state index contributed by atoms with van der Waals surface area (Å²) in [6.45, 7) is 0. The molecular formula is C49H29N5. The summed E-state index contributed by atoms with van der Waals surface area (Å²) < 4.78 is 0. The Morgan fingerprint density at radius 1 is 0.259 bits per heavy atom. The van der Waals surface area contributed by atoms with Gasteiger partial charge in [-0.2, -0.15) is 0 Å². The molecule has 0 aliphatic rings. The highest BCUT2D eigenvalue weighted by Crippen LogP contribution is 2.37. The van der Waals surface area contributed by atoms with E-state index in [-0.39, 0.29) is 0 Å². The number of fused-ring (bicyclic) bond motifs is 9. The standard InChI is InChI=1S/C49H29N5/c1-4-10-30(11-5-1)40-24-20-33-16-17-34-22-26-42(52-46(34)45(33)50-40)36-23-27-43-38(28-36)49-39(44(53-43)32-14-8-3-9-15-32)29-37-19-18-35-21-25-41(31-12-6-2-7-13-31)51-47(35)48(37)54-49/h1-29H. The molecule has 0 aliphatic carbocycles. The maximum Gasteiger partial charge on any atom is 0.0972 e. The molecule has 54 heavy (non-hydrogen) atoms. The van der Waals surface area contributed by atoms with Gasteiger partial charge in [-0.05, 0) is 36.4 Å². The van der Waals surface area contributed by atoms with E-state index in [1.165, 1.54) is 0 Å². The van der Waals surface area contributed by atoms with Crippen LogP contribution in [0.2, 0.25) is 0 Å². The van der Waals surface area contributed by atoms with E-state index in [4.69, 9.17) is 24.9 Å². The second-order valence-corrected chi connectivity index (χ2v) is 13.7. The van der Waals surface area contributed by atoms with Crippen LogP contribution in [0.5, 0.6) is 0 Å². The summed E-state index contributed by atoms with van der Waals surface area (Å²) in [5, 5.41) is 6.13. The average Bonchev–Trinajstić information content (AvgIpc) is 3.25. The van der Waals surface area contributed by atoms with Crippen molar-refractivity contribution in [3.63, 3.8) is 0 Å². The van der Waals surface area contributed by atoms with Gasteiger partial charge >= 0.3 is 0 Å². The van der Waals surface area contributed by atoms with Crippen LogP contribution >= 0.6 is 0 Å². The molecule has 11 rings (SSSR count). The van der Waals surface area contributed by atoms with Crippen molar-refractivity contribution in [1.82, 2.24) is 24.9 Å². The minimum Gasteiger partial charge on any atom is -0.247 e. The Kier molecular flexibility index (Phi) is 6.79. The highest BCUT2D eigenvalue weighted by atomic mass is 14.8.